The molecule has 6 rings (SSSR count). The van der Waals surface area contributed by atoms with Crippen LogP contribution in [-0.4, -0.2) is 43.1 Å². The zero-order valence-corrected chi connectivity index (χ0v) is 23.3. The number of likely N-dealkylation sites (tertiary alicyclic amines) is 1. The zero-order valence-electron chi connectivity index (χ0n) is 23.3. The molecule has 1 heterocycles. The van der Waals surface area contributed by atoms with Crippen molar-refractivity contribution in [1.29, 1.82) is 0 Å². The lowest BCUT2D eigenvalue weighted by Gasteiger charge is -2.58. The second kappa shape index (κ2) is 12.2. The van der Waals surface area contributed by atoms with Gasteiger partial charge < -0.3 is 23.8 Å². The van der Waals surface area contributed by atoms with Crippen molar-refractivity contribution in [3.05, 3.63) is 101 Å². The Morgan fingerprint density at radius 3 is 2.44 bits per heavy atom. The van der Waals surface area contributed by atoms with E-state index in [0.29, 0.717) is 31.2 Å². The maximum Gasteiger partial charge on any atom is 0.511 e. The average molecular weight is 556 g/mol. The topological polar surface area (TPSA) is 74.3 Å². The summed E-state index contributed by atoms with van der Waals surface area (Å²) < 4.78 is 22.0. The van der Waals surface area contributed by atoms with E-state index in [1.54, 1.807) is 0 Å². The summed E-state index contributed by atoms with van der Waals surface area (Å²) in [6, 6.07) is 26.0. The van der Waals surface area contributed by atoms with Gasteiger partial charge in [-0.3, -0.25) is 0 Å². The fraction of sp³-hybridized carbons (Fsp3) is 0.412. The molecule has 2 fully saturated rings. The first-order valence-electron chi connectivity index (χ1n) is 14.7. The summed E-state index contributed by atoms with van der Waals surface area (Å²) in [5, 5.41) is 0. The monoisotopic (exact) mass is 555 g/mol. The van der Waals surface area contributed by atoms with E-state index in [1.165, 1.54) is 24.0 Å². The minimum absolute atomic E-state index is 0.0311. The highest BCUT2D eigenvalue weighted by atomic mass is 16.8. The van der Waals surface area contributed by atoms with Crippen LogP contribution in [0.4, 0.5) is 9.59 Å². The summed E-state index contributed by atoms with van der Waals surface area (Å²) in [5.41, 5.74) is 4.73. The Morgan fingerprint density at radius 2 is 1.63 bits per heavy atom. The van der Waals surface area contributed by atoms with Crippen LogP contribution in [0.1, 0.15) is 54.4 Å². The summed E-state index contributed by atoms with van der Waals surface area (Å²) in [5.74, 6) is 1.08. The molecule has 0 spiro atoms. The third kappa shape index (κ3) is 5.90. The Labute approximate surface area is 241 Å². The second-order valence-electron chi connectivity index (χ2n) is 11.3. The number of rotatable bonds is 8. The molecule has 1 aliphatic heterocycles. The molecule has 1 amide bonds. The first kappa shape index (κ1) is 27.2. The lowest BCUT2D eigenvalue weighted by Crippen LogP contribution is -2.62. The van der Waals surface area contributed by atoms with E-state index in [-0.39, 0.29) is 30.9 Å². The highest BCUT2D eigenvalue weighted by molar-refractivity contribution is 5.69. The Hall–Kier alpha value is -4.00. The Morgan fingerprint density at radius 1 is 0.854 bits per heavy atom. The normalized spacial score (nSPS) is 22.6. The quantitative estimate of drug-likeness (QED) is 0.224. The van der Waals surface area contributed by atoms with Gasteiger partial charge in [0.05, 0.1) is 6.61 Å². The van der Waals surface area contributed by atoms with Crippen molar-refractivity contribution in [2.24, 2.45) is 5.92 Å². The van der Waals surface area contributed by atoms with Crippen LogP contribution in [0.2, 0.25) is 0 Å². The molecular formula is C34H37NO6. The standard InChI is InChI=1S/C34H37NO6/c36-32(39-23-26-11-5-2-6-12-26)35-19-18-34-17-8-7-13-29(34)31(35)21-27-14-15-28(22-30(27)34)40-24-41-33(37)38-20-16-25-9-3-1-4-10-25/h1-6,9-12,14-15,22,29,31H,7-8,13,16-21,23-24H2/t29-,31+,34+/m0/s1. The van der Waals surface area contributed by atoms with Gasteiger partial charge in [-0.1, -0.05) is 79.6 Å². The average Bonchev–Trinajstić information content (AvgIpc) is 3.01. The van der Waals surface area contributed by atoms with E-state index in [9.17, 15) is 9.59 Å². The minimum atomic E-state index is -0.737. The van der Waals surface area contributed by atoms with E-state index in [2.05, 4.69) is 12.1 Å². The van der Waals surface area contributed by atoms with Gasteiger partial charge in [0.25, 0.3) is 0 Å². The van der Waals surface area contributed by atoms with Gasteiger partial charge in [-0.25, -0.2) is 9.59 Å². The number of nitrogens with zero attached hydrogens (tertiary/aromatic N) is 1. The van der Waals surface area contributed by atoms with E-state index in [4.69, 9.17) is 18.9 Å². The number of fused-ring (bicyclic) bond motifs is 1. The lowest BCUT2D eigenvalue weighted by atomic mass is 9.52. The van der Waals surface area contributed by atoms with Crippen LogP contribution < -0.4 is 4.74 Å². The molecule has 3 atom stereocenters. The van der Waals surface area contributed by atoms with Crippen LogP contribution >= 0.6 is 0 Å². The van der Waals surface area contributed by atoms with Crippen LogP contribution in [0.3, 0.4) is 0 Å². The number of piperidine rings is 1. The zero-order chi connectivity index (χ0) is 28.1. The van der Waals surface area contributed by atoms with E-state index < -0.39 is 6.16 Å². The third-order valence-corrected chi connectivity index (χ3v) is 9.10. The van der Waals surface area contributed by atoms with E-state index >= 15 is 0 Å². The second-order valence-corrected chi connectivity index (χ2v) is 11.3. The molecule has 3 aromatic rings. The highest BCUT2D eigenvalue weighted by Gasteiger charge is 2.55. The van der Waals surface area contributed by atoms with Crippen molar-refractivity contribution < 1.29 is 28.5 Å². The summed E-state index contributed by atoms with van der Waals surface area (Å²) in [7, 11) is 0. The molecule has 7 nitrogen and oxygen atoms in total. The molecule has 0 N–H and O–H groups in total. The number of hydrogen-bond acceptors (Lipinski definition) is 6. The fourth-order valence-electron chi connectivity index (χ4n) is 7.19. The van der Waals surface area contributed by atoms with Gasteiger partial charge in [0, 0.05) is 24.4 Å². The van der Waals surface area contributed by atoms with Gasteiger partial charge >= 0.3 is 12.2 Å². The molecule has 1 saturated carbocycles. The SMILES string of the molecule is O=C(OCCc1ccccc1)OCOc1ccc2c(c1)[C@@]13CCCC[C@H]1[C@@H](C2)N(C(=O)OCc1ccccc1)CC3. The molecule has 0 aromatic heterocycles. The van der Waals surface area contributed by atoms with Crippen LogP contribution in [0.5, 0.6) is 5.75 Å². The van der Waals surface area contributed by atoms with Crippen LogP contribution in [0, 0.1) is 5.92 Å². The van der Waals surface area contributed by atoms with Crippen molar-refractivity contribution in [1.82, 2.24) is 4.90 Å². The predicted octanol–water partition coefficient (Wildman–Crippen LogP) is 6.81. The van der Waals surface area contributed by atoms with Gasteiger partial charge in [-0.2, -0.15) is 0 Å². The maximum absolute atomic E-state index is 13.3. The molecule has 3 aromatic carbocycles. The van der Waals surface area contributed by atoms with Crippen molar-refractivity contribution in [3.8, 4) is 5.75 Å². The number of amides is 1. The number of benzene rings is 3. The Bertz CT molecular complexity index is 1350. The van der Waals surface area contributed by atoms with Gasteiger partial charge in [0.2, 0.25) is 6.79 Å². The fourth-order valence-corrected chi connectivity index (χ4v) is 7.19. The van der Waals surface area contributed by atoms with Gasteiger partial charge in [-0.05, 0) is 66.0 Å². The number of carbonyl (C=O) groups excluding carboxylic acids is 2. The summed E-state index contributed by atoms with van der Waals surface area (Å²) in [6.45, 7) is 1.03. The number of hydrogen-bond donors (Lipinski definition) is 0. The molecule has 2 bridgehead atoms. The largest absolute Gasteiger partial charge is 0.511 e. The highest BCUT2D eigenvalue weighted by Crippen LogP contribution is 2.56. The van der Waals surface area contributed by atoms with Crippen molar-refractivity contribution >= 4 is 12.2 Å². The lowest BCUT2D eigenvalue weighted by molar-refractivity contribution is -0.0143. The van der Waals surface area contributed by atoms with Gasteiger partial charge in [0.1, 0.15) is 12.4 Å². The van der Waals surface area contributed by atoms with Crippen LogP contribution in [0.25, 0.3) is 0 Å². The number of carbonyl (C=O) groups is 2. The van der Waals surface area contributed by atoms with Crippen LogP contribution in [0.15, 0.2) is 78.9 Å². The molecule has 3 aliphatic rings. The van der Waals surface area contributed by atoms with E-state index in [0.717, 1.165) is 36.8 Å². The molecule has 1 saturated heterocycles. The first-order chi connectivity index (χ1) is 20.1. The van der Waals surface area contributed by atoms with Crippen molar-refractivity contribution in [3.63, 3.8) is 0 Å². The molecule has 214 valence electrons. The molecular weight excluding hydrogens is 518 g/mol. The van der Waals surface area contributed by atoms with Gasteiger partial charge in [0.15, 0.2) is 0 Å². The van der Waals surface area contributed by atoms with Crippen molar-refractivity contribution in [2.75, 3.05) is 19.9 Å². The minimum Gasteiger partial charge on any atom is -0.457 e. The van der Waals surface area contributed by atoms with Crippen LogP contribution in [-0.2, 0) is 39.1 Å². The summed E-state index contributed by atoms with van der Waals surface area (Å²) in [6.07, 6.45) is 5.99. The summed E-state index contributed by atoms with van der Waals surface area (Å²) in [4.78, 5) is 27.3. The molecule has 0 radical (unpaired) electrons. The predicted molar refractivity (Wildman–Crippen MR) is 154 cm³/mol. The molecule has 2 aliphatic carbocycles. The Balaban J connectivity index is 1.08. The van der Waals surface area contributed by atoms with E-state index in [1.807, 2.05) is 71.6 Å². The summed E-state index contributed by atoms with van der Waals surface area (Å²) >= 11 is 0. The van der Waals surface area contributed by atoms with Gasteiger partial charge in [-0.15, -0.1) is 0 Å². The molecule has 0 unspecified atom stereocenters. The smallest absolute Gasteiger partial charge is 0.457 e. The first-order valence-corrected chi connectivity index (χ1v) is 14.7. The molecule has 7 heteroatoms. The Kier molecular flexibility index (Phi) is 8.12. The number of ether oxygens (including phenoxy) is 4. The van der Waals surface area contributed by atoms with Crippen molar-refractivity contribution in [2.45, 2.75) is 63.0 Å². The maximum atomic E-state index is 13.3. The molecule has 41 heavy (non-hydrogen) atoms. The third-order valence-electron chi connectivity index (χ3n) is 9.10.